The summed E-state index contributed by atoms with van der Waals surface area (Å²) in [6, 6.07) is 3.42. The summed E-state index contributed by atoms with van der Waals surface area (Å²) in [7, 11) is 3.09. The second-order valence-corrected chi connectivity index (χ2v) is 3.98. The molecular weight excluding hydrogens is 240 g/mol. The lowest BCUT2D eigenvalue weighted by molar-refractivity contribution is 0.0522. The molecule has 0 N–H and O–H groups in total. The zero-order chi connectivity index (χ0) is 12.8. The van der Waals surface area contributed by atoms with E-state index in [9.17, 15) is 4.79 Å². The molecule has 0 heterocycles. The number of hydrogen-bond donors (Lipinski definition) is 0. The van der Waals surface area contributed by atoms with Gasteiger partial charge in [0.05, 0.1) is 25.7 Å². The van der Waals surface area contributed by atoms with Crippen molar-refractivity contribution in [3.63, 3.8) is 0 Å². The summed E-state index contributed by atoms with van der Waals surface area (Å²) in [5, 5.41) is 0. The van der Waals surface area contributed by atoms with Crippen molar-refractivity contribution in [2.45, 2.75) is 11.8 Å². The van der Waals surface area contributed by atoms with Gasteiger partial charge in [0, 0.05) is 0 Å². The van der Waals surface area contributed by atoms with Crippen molar-refractivity contribution in [1.82, 2.24) is 0 Å². The van der Waals surface area contributed by atoms with E-state index < -0.39 is 5.97 Å². The first-order valence-corrected chi connectivity index (χ1v) is 6.37. The number of methoxy groups -OCH3 is 2. The third-order valence-electron chi connectivity index (χ3n) is 2.20. The van der Waals surface area contributed by atoms with Gasteiger partial charge in [-0.2, -0.15) is 0 Å². The van der Waals surface area contributed by atoms with Gasteiger partial charge >= 0.3 is 5.97 Å². The first-order valence-electron chi connectivity index (χ1n) is 5.15. The van der Waals surface area contributed by atoms with Crippen LogP contribution >= 0.6 is 11.8 Å². The van der Waals surface area contributed by atoms with E-state index in [1.54, 1.807) is 26.2 Å². The Balaban J connectivity index is 3.23. The van der Waals surface area contributed by atoms with Crippen molar-refractivity contribution in [1.29, 1.82) is 0 Å². The van der Waals surface area contributed by atoms with Crippen LogP contribution in [0.3, 0.4) is 0 Å². The summed E-state index contributed by atoms with van der Waals surface area (Å²) in [4.78, 5) is 12.6. The number of esters is 1. The Bertz CT molecular complexity index is 404. The van der Waals surface area contributed by atoms with Gasteiger partial charge in [0.25, 0.3) is 0 Å². The summed E-state index contributed by atoms with van der Waals surface area (Å²) in [6.45, 7) is 2.09. The highest BCUT2D eigenvalue weighted by Gasteiger charge is 2.17. The van der Waals surface area contributed by atoms with E-state index in [2.05, 4.69) is 0 Å². The van der Waals surface area contributed by atoms with Gasteiger partial charge in [-0.15, -0.1) is 11.8 Å². The average Bonchev–Trinajstić information content (AvgIpc) is 2.37. The smallest absolute Gasteiger partial charge is 0.342 e. The maximum Gasteiger partial charge on any atom is 0.342 e. The molecule has 1 rings (SSSR count). The van der Waals surface area contributed by atoms with Crippen molar-refractivity contribution in [3.05, 3.63) is 17.7 Å². The number of carbonyl (C=O) groups excluding carboxylic acids is 1. The molecule has 0 aliphatic rings. The number of rotatable bonds is 5. The second-order valence-electron chi connectivity index (χ2n) is 3.13. The van der Waals surface area contributed by atoms with E-state index >= 15 is 0 Å². The van der Waals surface area contributed by atoms with Gasteiger partial charge in [0.2, 0.25) is 0 Å². The van der Waals surface area contributed by atoms with Crippen molar-refractivity contribution in [2.24, 2.45) is 0 Å². The first kappa shape index (κ1) is 13.7. The maximum atomic E-state index is 11.7. The lowest BCUT2D eigenvalue weighted by Gasteiger charge is -2.12. The van der Waals surface area contributed by atoms with Crippen LogP contribution in [0.5, 0.6) is 11.5 Å². The largest absolute Gasteiger partial charge is 0.496 e. The topological polar surface area (TPSA) is 44.8 Å². The molecule has 1 aromatic rings. The number of ether oxygens (including phenoxy) is 3. The number of thioether (sulfide) groups is 1. The lowest BCUT2D eigenvalue weighted by atomic mass is 10.2. The first-order chi connectivity index (χ1) is 8.17. The molecular formula is C12H16O4S. The molecule has 0 aliphatic heterocycles. The van der Waals surface area contributed by atoms with E-state index in [4.69, 9.17) is 14.2 Å². The van der Waals surface area contributed by atoms with Crippen molar-refractivity contribution in [3.8, 4) is 11.5 Å². The van der Waals surface area contributed by atoms with E-state index in [-0.39, 0.29) is 0 Å². The van der Waals surface area contributed by atoms with Crippen molar-refractivity contribution >= 4 is 17.7 Å². The van der Waals surface area contributed by atoms with Gasteiger partial charge in [-0.3, -0.25) is 0 Å². The molecule has 0 spiro atoms. The van der Waals surface area contributed by atoms with Crippen LogP contribution in [-0.2, 0) is 4.74 Å². The molecule has 0 aromatic heterocycles. The Morgan fingerprint density at radius 2 is 1.88 bits per heavy atom. The predicted molar refractivity (Wildman–Crippen MR) is 67.3 cm³/mol. The predicted octanol–water partition coefficient (Wildman–Crippen LogP) is 2.60. The Labute approximate surface area is 105 Å². The fraction of sp³-hybridized carbons (Fsp3) is 0.417. The van der Waals surface area contributed by atoms with Gasteiger partial charge in [0.1, 0.15) is 17.1 Å². The molecule has 5 heteroatoms. The molecule has 0 atom stereocenters. The standard InChI is InChI=1S/C12H16O4S/c1-5-16-12(13)8-6-10(15-3)11(17-4)7-9(8)14-2/h6-7H,5H2,1-4H3. The van der Waals surface area contributed by atoms with Crippen molar-refractivity contribution in [2.75, 3.05) is 27.1 Å². The van der Waals surface area contributed by atoms with Crippen LogP contribution in [0.15, 0.2) is 17.0 Å². The molecule has 17 heavy (non-hydrogen) atoms. The quantitative estimate of drug-likeness (QED) is 0.598. The summed E-state index contributed by atoms with van der Waals surface area (Å²) >= 11 is 1.53. The monoisotopic (exact) mass is 256 g/mol. The highest BCUT2D eigenvalue weighted by Crippen LogP contribution is 2.34. The van der Waals surface area contributed by atoms with Crippen LogP contribution in [0.2, 0.25) is 0 Å². The average molecular weight is 256 g/mol. The zero-order valence-corrected chi connectivity index (χ0v) is 11.2. The van der Waals surface area contributed by atoms with Gasteiger partial charge in [-0.25, -0.2) is 4.79 Å². The molecule has 94 valence electrons. The highest BCUT2D eigenvalue weighted by atomic mass is 32.2. The maximum absolute atomic E-state index is 11.7. The molecule has 0 radical (unpaired) electrons. The highest BCUT2D eigenvalue weighted by molar-refractivity contribution is 7.98. The Hall–Kier alpha value is -1.36. The van der Waals surface area contributed by atoms with Crippen LogP contribution in [0, 0.1) is 0 Å². The van der Waals surface area contributed by atoms with Crippen molar-refractivity contribution < 1.29 is 19.0 Å². The summed E-state index contributed by atoms with van der Waals surface area (Å²) in [5.74, 6) is 0.727. The van der Waals surface area contributed by atoms with Crippen LogP contribution in [0.25, 0.3) is 0 Å². The minimum absolute atomic E-state index is 0.328. The number of hydrogen-bond acceptors (Lipinski definition) is 5. The molecule has 0 aliphatic carbocycles. The Kier molecular flexibility index (Phi) is 5.15. The SMILES string of the molecule is CCOC(=O)c1cc(OC)c(SC)cc1OC. The van der Waals surface area contributed by atoms with Crippen LogP contribution in [0.1, 0.15) is 17.3 Å². The van der Waals surface area contributed by atoms with E-state index in [0.29, 0.717) is 23.7 Å². The fourth-order valence-electron chi connectivity index (χ4n) is 1.40. The minimum atomic E-state index is -0.407. The zero-order valence-electron chi connectivity index (χ0n) is 10.4. The third-order valence-corrected chi connectivity index (χ3v) is 2.96. The molecule has 0 saturated heterocycles. The lowest BCUT2D eigenvalue weighted by Crippen LogP contribution is -2.07. The molecule has 0 fully saturated rings. The fourth-order valence-corrected chi connectivity index (χ4v) is 1.97. The summed E-state index contributed by atoms with van der Waals surface area (Å²) < 4.78 is 15.4. The molecule has 0 saturated carbocycles. The Morgan fingerprint density at radius 1 is 1.24 bits per heavy atom. The molecule has 1 aromatic carbocycles. The molecule has 0 bridgehead atoms. The molecule has 0 amide bonds. The van der Waals surface area contributed by atoms with Gasteiger partial charge in [-0.05, 0) is 25.3 Å². The van der Waals surface area contributed by atoms with Gasteiger partial charge in [0.15, 0.2) is 0 Å². The third kappa shape index (κ3) is 3.06. The normalized spacial score (nSPS) is 9.88. The van der Waals surface area contributed by atoms with E-state index in [1.807, 2.05) is 6.26 Å². The van der Waals surface area contributed by atoms with E-state index in [1.165, 1.54) is 18.9 Å². The van der Waals surface area contributed by atoms with Gasteiger partial charge < -0.3 is 14.2 Å². The van der Waals surface area contributed by atoms with Crippen LogP contribution < -0.4 is 9.47 Å². The second kappa shape index (κ2) is 6.39. The van der Waals surface area contributed by atoms with Crippen LogP contribution in [0.4, 0.5) is 0 Å². The Morgan fingerprint density at radius 3 is 2.35 bits per heavy atom. The molecule has 0 unspecified atom stereocenters. The van der Waals surface area contributed by atoms with Crippen LogP contribution in [-0.4, -0.2) is 33.1 Å². The number of benzene rings is 1. The summed E-state index contributed by atoms with van der Waals surface area (Å²) in [5.41, 5.74) is 0.379. The summed E-state index contributed by atoms with van der Waals surface area (Å²) in [6.07, 6.45) is 1.93. The number of carbonyl (C=O) groups is 1. The minimum Gasteiger partial charge on any atom is -0.496 e. The van der Waals surface area contributed by atoms with E-state index in [0.717, 1.165) is 4.90 Å². The van der Waals surface area contributed by atoms with Gasteiger partial charge in [-0.1, -0.05) is 0 Å². The molecule has 4 nitrogen and oxygen atoms in total.